The third kappa shape index (κ3) is 2.94. The van der Waals surface area contributed by atoms with Gasteiger partial charge in [-0.2, -0.15) is 0 Å². The molecular formula is C17H19N3O3S. The predicted octanol–water partition coefficient (Wildman–Crippen LogP) is 3.43. The van der Waals surface area contributed by atoms with E-state index >= 15 is 0 Å². The Bertz CT molecular complexity index is 978. The molecule has 2 aromatic heterocycles. The summed E-state index contributed by atoms with van der Waals surface area (Å²) in [4.78, 5) is 4.53. The monoisotopic (exact) mass is 345 g/mol. The first kappa shape index (κ1) is 16.3. The Morgan fingerprint density at radius 3 is 2.71 bits per heavy atom. The van der Waals surface area contributed by atoms with Gasteiger partial charge in [0.25, 0.3) is 10.0 Å². The van der Waals surface area contributed by atoms with E-state index in [2.05, 4.69) is 9.71 Å². The van der Waals surface area contributed by atoms with Crippen LogP contribution in [0.25, 0.3) is 11.0 Å². The molecule has 0 saturated heterocycles. The van der Waals surface area contributed by atoms with Crippen LogP contribution in [-0.2, 0) is 10.0 Å². The van der Waals surface area contributed by atoms with Crippen LogP contribution < -0.4 is 9.46 Å². The molecule has 126 valence electrons. The lowest BCUT2D eigenvalue weighted by Gasteiger charge is -2.09. The van der Waals surface area contributed by atoms with Crippen molar-refractivity contribution in [2.24, 2.45) is 0 Å². The molecule has 7 heteroatoms. The molecule has 3 aromatic rings. The molecular weight excluding hydrogens is 326 g/mol. The summed E-state index contributed by atoms with van der Waals surface area (Å²) in [5, 5.41) is 0.599. The van der Waals surface area contributed by atoms with Crippen LogP contribution >= 0.6 is 0 Å². The maximum atomic E-state index is 12.9. The molecule has 0 aliphatic heterocycles. The molecule has 0 aliphatic carbocycles. The van der Waals surface area contributed by atoms with Gasteiger partial charge >= 0.3 is 0 Å². The summed E-state index contributed by atoms with van der Waals surface area (Å²) in [5.41, 5.74) is 1.10. The van der Waals surface area contributed by atoms with Gasteiger partial charge < -0.3 is 9.30 Å². The maximum absolute atomic E-state index is 12.9. The number of hydrogen-bond acceptors (Lipinski definition) is 4. The number of hydrogen-bond donors (Lipinski definition) is 1. The Morgan fingerprint density at radius 2 is 2.00 bits per heavy atom. The van der Waals surface area contributed by atoms with E-state index < -0.39 is 10.0 Å². The van der Waals surface area contributed by atoms with E-state index in [0.29, 0.717) is 22.5 Å². The molecule has 0 unspecified atom stereocenters. The Balaban J connectivity index is 2.08. The number of methoxy groups -OCH3 is 1. The van der Waals surface area contributed by atoms with Crippen LogP contribution in [0, 0.1) is 0 Å². The van der Waals surface area contributed by atoms with E-state index in [1.54, 1.807) is 48.8 Å². The van der Waals surface area contributed by atoms with Crippen molar-refractivity contribution in [3.63, 3.8) is 0 Å². The Labute approximate surface area is 141 Å². The lowest BCUT2D eigenvalue weighted by Crippen LogP contribution is -2.12. The lowest BCUT2D eigenvalue weighted by molar-refractivity contribution is 0.415. The highest BCUT2D eigenvalue weighted by Gasteiger charge is 2.22. The zero-order chi connectivity index (χ0) is 17.3. The van der Waals surface area contributed by atoms with Crippen LogP contribution in [0.4, 0.5) is 5.69 Å². The van der Waals surface area contributed by atoms with Gasteiger partial charge in [-0.15, -0.1) is 0 Å². The van der Waals surface area contributed by atoms with E-state index in [1.807, 2.05) is 18.4 Å². The molecule has 1 aromatic carbocycles. The van der Waals surface area contributed by atoms with Crippen molar-refractivity contribution in [2.45, 2.75) is 24.8 Å². The second-order valence-electron chi connectivity index (χ2n) is 5.71. The minimum Gasteiger partial charge on any atom is -0.497 e. The van der Waals surface area contributed by atoms with Crippen molar-refractivity contribution in [1.82, 2.24) is 9.55 Å². The van der Waals surface area contributed by atoms with Crippen molar-refractivity contribution in [3.8, 4) is 5.75 Å². The molecule has 0 bridgehead atoms. The Hall–Kier alpha value is -2.54. The average Bonchev–Trinajstić information content (AvgIpc) is 2.95. The number of aromatic nitrogens is 2. The molecule has 0 saturated carbocycles. The van der Waals surface area contributed by atoms with Crippen molar-refractivity contribution >= 4 is 26.7 Å². The summed E-state index contributed by atoms with van der Waals surface area (Å²) >= 11 is 0. The summed E-state index contributed by atoms with van der Waals surface area (Å²) in [6.45, 7) is 3.97. The number of pyridine rings is 1. The van der Waals surface area contributed by atoms with Gasteiger partial charge in [-0.05, 0) is 38.1 Å². The number of rotatable bonds is 5. The highest BCUT2D eigenvalue weighted by Crippen LogP contribution is 2.28. The fourth-order valence-corrected chi connectivity index (χ4v) is 3.80. The number of sulfonamides is 1. The molecule has 3 rings (SSSR count). The standard InChI is InChI=1S/C17H19N3O3S/c1-12(2)20-11-16(15-8-5-9-18-17(15)20)24(21,22)19-13-6-4-7-14(10-13)23-3/h4-12,19H,1-3H3. The van der Waals surface area contributed by atoms with Crippen LogP contribution in [0.5, 0.6) is 5.75 Å². The van der Waals surface area contributed by atoms with Gasteiger partial charge in [-0.1, -0.05) is 6.07 Å². The van der Waals surface area contributed by atoms with Crippen molar-refractivity contribution in [3.05, 3.63) is 48.8 Å². The number of ether oxygens (including phenoxy) is 1. The Morgan fingerprint density at radius 1 is 1.21 bits per heavy atom. The van der Waals surface area contributed by atoms with Crippen LogP contribution in [0.1, 0.15) is 19.9 Å². The highest BCUT2D eigenvalue weighted by molar-refractivity contribution is 7.93. The average molecular weight is 345 g/mol. The van der Waals surface area contributed by atoms with Gasteiger partial charge in [0.05, 0.1) is 12.8 Å². The van der Waals surface area contributed by atoms with E-state index in [1.165, 1.54) is 7.11 Å². The van der Waals surface area contributed by atoms with E-state index in [0.717, 1.165) is 0 Å². The van der Waals surface area contributed by atoms with Gasteiger partial charge in [0.1, 0.15) is 16.3 Å². The lowest BCUT2D eigenvalue weighted by atomic mass is 10.3. The van der Waals surface area contributed by atoms with Gasteiger partial charge in [-0.3, -0.25) is 4.72 Å². The molecule has 0 aliphatic rings. The molecule has 0 atom stereocenters. The van der Waals surface area contributed by atoms with Gasteiger partial charge in [0.15, 0.2) is 0 Å². The first-order valence-corrected chi connectivity index (χ1v) is 9.03. The fourth-order valence-electron chi connectivity index (χ4n) is 2.56. The fraction of sp³-hybridized carbons (Fsp3) is 0.235. The maximum Gasteiger partial charge on any atom is 0.264 e. The number of anilines is 1. The normalized spacial score (nSPS) is 11.8. The molecule has 24 heavy (non-hydrogen) atoms. The highest BCUT2D eigenvalue weighted by atomic mass is 32.2. The smallest absolute Gasteiger partial charge is 0.264 e. The minimum atomic E-state index is -3.74. The largest absolute Gasteiger partial charge is 0.497 e. The minimum absolute atomic E-state index is 0.100. The van der Waals surface area contributed by atoms with Gasteiger partial charge in [0.2, 0.25) is 0 Å². The molecule has 0 spiro atoms. The van der Waals surface area contributed by atoms with Crippen molar-refractivity contribution in [2.75, 3.05) is 11.8 Å². The first-order valence-electron chi connectivity index (χ1n) is 7.55. The molecule has 0 amide bonds. The summed E-state index contributed by atoms with van der Waals surface area (Å²) in [7, 11) is -2.21. The summed E-state index contributed by atoms with van der Waals surface area (Å²) in [6.07, 6.45) is 3.29. The summed E-state index contributed by atoms with van der Waals surface area (Å²) in [6, 6.07) is 10.4. The van der Waals surface area contributed by atoms with Crippen LogP contribution in [0.3, 0.4) is 0 Å². The van der Waals surface area contributed by atoms with Gasteiger partial charge in [-0.25, -0.2) is 13.4 Å². The van der Waals surface area contributed by atoms with Crippen molar-refractivity contribution < 1.29 is 13.2 Å². The summed E-state index contributed by atoms with van der Waals surface area (Å²) < 4.78 is 35.3. The quantitative estimate of drug-likeness (QED) is 0.769. The molecule has 6 nitrogen and oxygen atoms in total. The van der Waals surface area contributed by atoms with E-state index in [-0.39, 0.29) is 10.9 Å². The topological polar surface area (TPSA) is 73.2 Å². The molecule has 1 N–H and O–H groups in total. The molecule has 0 radical (unpaired) electrons. The second kappa shape index (κ2) is 6.16. The number of fused-ring (bicyclic) bond motifs is 1. The van der Waals surface area contributed by atoms with Crippen LogP contribution in [0.15, 0.2) is 53.7 Å². The summed E-state index contributed by atoms with van der Waals surface area (Å²) in [5.74, 6) is 0.585. The van der Waals surface area contributed by atoms with Gasteiger partial charge in [0, 0.05) is 29.9 Å². The van der Waals surface area contributed by atoms with Crippen LogP contribution in [0.2, 0.25) is 0 Å². The number of nitrogens with one attached hydrogen (secondary N) is 1. The zero-order valence-electron chi connectivity index (χ0n) is 13.7. The first-order chi connectivity index (χ1) is 11.4. The zero-order valence-corrected chi connectivity index (χ0v) is 14.5. The predicted molar refractivity (Wildman–Crippen MR) is 93.9 cm³/mol. The molecule has 0 fully saturated rings. The third-order valence-electron chi connectivity index (χ3n) is 3.72. The van der Waals surface area contributed by atoms with Crippen LogP contribution in [-0.4, -0.2) is 25.1 Å². The second-order valence-corrected chi connectivity index (χ2v) is 7.36. The van der Waals surface area contributed by atoms with Crippen molar-refractivity contribution in [1.29, 1.82) is 0 Å². The Kier molecular flexibility index (Phi) is 4.19. The van der Waals surface area contributed by atoms with E-state index in [4.69, 9.17) is 4.74 Å². The van der Waals surface area contributed by atoms with E-state index in [9.17, 15) is 8.42 Å². The third-order valence-corrected chi connectivity index (χ3v) is 5.13. The SMILES string of the molecule is COc1cccc(NS(=O)(=O)c2cn(C(C)C)c3ncccc23)c1. The molecule has 2 heterocycles. The number of benzene rings is 1. The number of nitrogens with zero attached hydrogens (tertiary/aromatic N) is 2.